The van der Waals surface area contributed by atoms with E-state index in [1.807, 2.05) is 29.5 Å². The number of amides is 1. The first-order chi connectivity index (χ1) is 11.3. The molecule has 0 unspecified atom stereocenters. The van der Waals surface area contributed by atoms with Crippen LogP contribution < -0.4 is 0 Å². The van der Waals surface area contributed by atoms with E-state index in [-0.39, 0.29) is 17.5 Å². The van der Waals surface area contributed by atoms with Crippen molar-refractivity contribution in [2.75, 3.05) is 6.54 Å². The van der Waals surface area contributed by atoms with Crippen molar-refractivity contribution in [2.24, 2.45) is 0 Å². The van der Waals surface area contributed by atoms with Crippen molar-refractivity contribution in [3.8, 4) is 0 Å². The molecule has 130 valence electrons. The number of rotatable bonds is 2. The van der Waals surface area contributed by atoms with Crippen LogP contribution in [0.4, 0.5) is 0 Å². The largest absolute Gasteiger partial charge is 0.327 e. The van der Waals surface area contributed by atoms with Gasteiger partial charge in [-0.15, -0.1) is 0 Å². The lowest BCUT2D eigenvalue weighted by Gasteiger charge is -2.33. The maximum absolute atomic E-state index is 13.1. The van der Waals surface area contributed by atoms with Gasteiger partial charge >= 0.3 is 0 Å². The third-order valence-electron chi connectivity index (χ3n) is 4.42. The Bertz CT molecular complexity index is 739. The maximum Gasteiger partial charge on any atom is 0.274 e. The first-order valence-electron chi connectivity index (χ1n) is 8.54. The average Bonchev–Trinajstić information content (AvgIpc) is 3.12. The molecule has 3 rings (SSSR count). The van der Waals surface area contributed by atoms with Gasteiger partial charge in [-0.05, 0) is 59.9 Å². The van der Waals surface area contributed by atoms with Gasteiger partial charge in [0.05, 0.1) is 11.6 Å². The number of piperidine rings is 1. The molecule has 0 aromatic carbocycles. The number of aromatic amines is 1. The summed E-state index contributed by atoms with van der Waals surface area (Å²) in [5.41, 5.74) is 1.35. The van der Waals surface area contributed by atoms with Crippen LogP contribution in [0, 0.1) is 13.8 Å². The van der Waals surface area contributed by atoms with Gasteiger partial charge < -0.3 is 4.90 Å². The maximum atomic E-state index is 13.1. The summed E-state index contributed by atoms with van der Waals surface area (Å²) in [6, 6.07) is 1.80. The van der Waals surface area contributed by atoms with Crippen molar-refractivity contribution >= 4 is 5.91 Å². The van der Waals surface area contributed by atoms with Gasteiger partial charge in [0.25, 0.3) is 5.91 Å². The van der Waals surface area contributed by atoms with Crippen LogP contribution in [0.1, 0.15) is 73.9 Å². The number of hydrogen-bond donors (Lipinski definition) is 1. The molecule has 2 aromatic rings. The molecule has 0 radical (unpaired) electrons. The average molecular weight is 330 g/mol. The molecule has 0 spiro atoms. The van der Waals surface area contributed by atoms with Crippen molar-refractivity contribution in [2.45, 2.75) is 65.5 Å². The minimum absolute atomic E-state index is 0.0340. The summed E-state index contributed by atoms with van der Waals surface area (Å²) in [6.45, 7) is 10.8. The molecule has 1 N–H and O–H groups in total. The molecule has 1 atom stereocenters. The number of H-pyrrole nitrogens is 1. The van der Waals surface area contributed by atoms with Crippen LogP contribution in [0.3, 0.4) is 0 Å². The first kappa shape index (κ1) is 16.7. The second-order valence-electron chi connectivity index (χ2n) is 7.54. The van der Waals surface area contributed by atoms with Gasteiger partial charge in [0.15, 0.2) is 11.5 Å². The Kier molecular flexibility index (Phi) is 4.19. The number of nitrogens with one attached hydrogen (secondary N) is 1. The molecule has 1 amide bonds. The quantitative estimate of drug-likeness (QED) is 0.918. The van der Waals surface area contributed by atoms with E-state index in [0.29, 0.717) is 11.5 Å². The van der Waals surface area contributed by atoms with Crippen LogP contribution in [0.2, 0.25) is 0 Å². The Labute approximate surface area is 142 Å². The standard InChI is InChI=1S/C17H26N6O/c1-11-10-13(21-23(11)17(3,4)5)16(24)22-9-7-6-8-14(22)15-18-12(2)19-20-15/h10,14H,6-9H2,1-5H3,(H,18,19,20)/t14-/m0/s1. The number of aromatic nitrogens is 5. The minimum Gasteiger partial charge on any atom is -0.327 e. The number of carbonyl (C=O) groups is 1. The molecule has 1 aliphatic rings. The number of carbonyl (C=O) groups excluding carboxylic acids is 1. The zero-order valence-corrected chi connectivity index (χ0v) is 15.1. The fourth-order valence-corrected chi connectivity index (χ4v) is 3.36. The van der Waals surface area contributed by atoms with E-state index in [1.165, 1.54) is 0 Å². The summed E-state index contributed by atoms with van der Waals surface area (Å²) in [5, 5.41) is 11.7. The van der Waals surface area contributed by atoms with Crippen LogP contribution in [-0.2, 0) is 5.54 Å². The molecule has 0 aliphatic carbocycles. The van der Waals surface area contributed by atoms with Gasteiger partial charge in [0.2, 0.25) is 0 Å². The topological polar surface area (TPSA) is 79.7 Å². The molecule has 0 bridgehead atoms. The van der Waals surface area contributed by atoms with Crippen molar-refractivity contribution in [1.82, 2.24) is 29.9 Å². The smallest absolute Gasteiger partial charge is 0.274 e. The van der Waals surface area contributed by atoms with Crippen LogP contribution in [0.5, 0.6) is 0 Å². The molecule has 1 saturated heterocycles. The fraction of sp³-hybridized carbons (Fsp3) is 0.647. The van der Waals surface area contributed by atoms with Crippen molar-refractivity contribution in [3.63, 3.8) is 0 Å². The van der Waals surface area contributed by atoms with Crippen molar-refractivity contribution < 1.29 is 4.79 Å². The molecular formula is C17H26N6O. The Balaban J connectivity index is 1.90. The number of likely N-dealkylation sites (tertiary alicyclic amines) is 1. The molecule has 24 heavy (non-hydrogen) atoms. The Morgan fingerprint density at radius 3 is 2.62 bits per heavy atom. The van der Waals surface area contributed by atoms with Crippen molar-refractivity contribution in [1.29, 1.82) is 0 Å². The second-order valence-corrected chi connectivity index (χ2v) is 7.54. The molecule has 0 saturated carbocycles. The van der Waals surface area contributed by atoms with Crippen LogP contribution in [0.25, 0.3) is 0 Å². The lowest BCUT2D eigenvalue weighted by Crippen LogP contribution is -2.39. The molecule has 7 nitrogen and oxygen atoms in total. The summed E-state index contributed by atoms with van der Waals surface area (Å²) < 4.78 is 1.91. The summed E-state index contributed by atoms with van der Waals surface area (Å²) in [7, 11) is 0. The Morgan fingerprint density at radius 2 is 2.04 bits per heavy atom. The summed E-state index contributed by atoms with van der Waals surface area (Å²) >= 11 is 0. The van der Waals surface area contributed by atoms with Gasteiger partial charge in [-0.2, -0.15) is 10.2 Å². The molecule has 2 aromatic heterocycles. The molecular weight excluding hydrogens is 304 g/mol. The summed E-state index contributed by atoms with van der Waals surface area (Å²) in [4.78, 5) is 19.4. The highest BCUT2D eigenvalue weighted by atomic mass is 16.2. The van der Waals surface area contributed by atoms with E-state index in [1.54, 1.807) is 0 Å². The zero-order chi connectivity index (χ0) is 17.5. The van der Waals surface area contributed by atoms with Crippen LogP contribution in [0.15, 0.2) is 6.07 Å². The Morgan fingerprint density at radius 1 is 1.29 bits per heavy atom. The van der Waals surface area contributed by atoms with E-state index in [4.69, 9.17) is 0 Å². The second kappa shape index (κ2) is 6.03. The molecule has 1 aliphatic heterocycles. The van der Waals surface area contributed by atoms with E-state index < -0.39 is 0 Å². The molecule has 3 heterocycles. The van der Waals surface area contributed by atoms with E-state index in [2.05, 4.69) is 41.1 Å². The number of hydrogen-bond acceptors (Lipinski definition) is 4. The van der Waals surface area contributed by atoms with Gasteiger partial charge in [0, 0.05) is 12.2 Å². The monoisotopic (exact) mass is 330 g/mol. The van der Waals surface area contributed by atoms with Gasteiger partial charge in [-0.1, -0.05) is 0 Å². The van der Waals surface area contributed by atoms with Gasteiger partial charge in [0.1, 0.15) is 5.82 Å². The van der Waals surface area contributed by atoms with Gasteiger partial charge in [-0.3, -0.25) is 14.6 Å². The third kappa shape index (κ3) is 3.07. The number of aryl methyl sites for hydroxylation is 2. The predicted octanol–water partition coefficient (Wildman–Crippen LogP) is 2.74. The third-order valence-corrected chi connectivity index (χ3v) is 4.42. The lowest BCUT2D eigenvalue weighted by molar-refractivity contribution is 0.0592. The van der Waals surface area contributed by atoms with E-state index >= 15 is 0 Å². The fourth-order valence-electron chi connectivity index (χ4n) is 3.36. The normalized spacial score (nSPS) is 18.9. The zero-order valence-electron chi connectivity index (χ0n) is 15.1. The highest BCUT2D eigenvalue weighted by Crippen LogP contribution is 2.30. The molecule has 7 heteroatoms. The highest BCUT2D eigenvalue weighted by Gasteiger charge is 2.33. The van der Waals surface area contributed by atoms with E-state index in [0.717, 1.165) is 37.3 Å². The van der Waals surface area contributed by atoms with Gasteiger partial charge in [-0.25, -0.2) is 4.98 Å². The van der Waals surface area contributed by atoms with Crippen LogP contribution in [-0.4, -0.2) is 42.3 Å². The van der Waals surface area contributed by atoms with Crippen molar-refractivity contribution in [3.05, 3.63) is 29.1 Å². The summed E-state index contributed by atoms with van der Waals surface area (Å²) in [5.74, 6) is 1.44. The Hall–Kier alpha value is -2.18. The highest BCUT2D eigenvalue weighted by molar-refractivity contribution is 5.92. The summed E-state index contributed by atoms with van der Waals surface area (Å²) in [6.07, 6.45) is 2.98. The lowest BCUT2D eigenvalue weighted by atomic mass is 10.0. The predicted molar refractivity (Wildman–Crippen MR) is 90.7 cm³/mol. The first-order valence-corrected chi connectivity index (χ1v) is 8.54. The SMILES string of the molecule is Cc1nc([C@@H]2CCCCN2C(=O)c2cc(C)n(C(C)(C)C)n2)n[nH]1. The molecule has 1 fully saturated rings. The van der Waals surface area contributed by atoms with Crippen LogP contribution >= 0.6 is 0 Å². The van der Waals surface area contributed by atoms with E-state index in [9.17, 15) is 4.79 Å². The minimum atomic E-state index is -0.148. The number of nitrogens with zero attached hydrogens (tertiary/aromatic N) is 5.